The Morgan fingerprint density at radius 1 is 1.26 bits per heavy atom. The molecule has 1 aliphatic rings. The molecular weight excluding hydrogens is 279 g/mol. The van der Waals surface area contributed by atoms with Gasteiger partial charge in [0.2, 0.25) is 5.88 Å². The number of aromatic nitrogens is 1. The molecule has 2 unspecified atom stereocenters. The van der Waals surface area contributed by atoms with Crippen molar-refractivity contribution in [2.75, 3.05) is 0 Å². The molecule has 0 aliphatic heterocycles. The van der Waals surface area contributed by atoms with Gasteiger partial charge in [-0.25, -0.2) is 4.98 Å². The number of hydrogen-bond donors (Lipinski definition) is 0. The summed E-state index contributed by atoms with van der Waals surface area (Å²) in [6.45, 7) is 2.04. The normalized spacial score (nSPS) is 24.3. The van der Waals surface area contributed by atoms with Crippen molar-refractivity contribution < 1.29 is 17.9 Å². The summed E-state index contributed by atoms with van der Waals surface area (Å²) in [6, 6.07) is 1.71. The molecule has 0 aromatic carbocycles. The van der Waals surface area contributed by atoms with Gasteiger partial charge in [-0.15, -0.1) is 0 Å². The highest BCUT2D eigenvalue weighted by Gasteiger charge is 2.32. The van der Waals surface area contributed by atoms with Crippen LogP contribution in [-0.2, 0) is 6.18 Å². The first-order valence-electron chi connectivity index (χ1n) is 6.27. The molecule has 1 aromatic heterocycles. The monoisotopic (exact) mass is 293 g/mol. The fourth-order valence-corrected chi connectivity index (χ4v) is 2.51. The molecule has 1 fully saturated rings. The quantitative estimate of drug-likeness (QED) is 0.737. The van der Waals surface area contributed by atoms with E-state index in [4.69, 9.17) is 16.3 Å². The number of hydrogen-bond acceptors (Lipinski definition) is 2. The summed E-state index contributed by atoms with van der Waals surface area (Å²) in [5.41, 5.74) is -0.828. The highest BCUT2D eigenvalue weighted by molar-refractivity contribution is 6.29. The molecule has 0 radical (unpaired) electrons. The molecule has 2 nitrogen and oxygen atoms in total. The summed E-state index contributed by atoms with van der Waals surface area (Å²) in [7, 11) is 0. The zero-order valence-corrected chi connectivity index (χ0v) is 11.3. The van der Waals surface area contributed by atoms with E-state index in [1.54, 1.807) is 0 Å². The van der Waals surface area contributed by atoms with Crippen LogP contribution >= 0.6 is 11.6 Å². The lowest BCUT2D eigenvalue weighted by Crippen LogP contribution is -2.28. The molecule has 0 N–H and O–H groups in total. The maximum absolute atomic E-state index is 12.7. The van der Waals surface area contributed by atoms with Crippen LogP contribution in [0.1, 0.15) is 38.2 Å². The van der Waals surface area contributed by atoms with Crippen LogP contribution in [-0.4, -0.2) is 11.1 Å². The largest absolute Gasteiger partial charge is 0.474 e. The maximum Gasteiger partial charge on any atom is 0.416 e. The third-order valence-electron chi connectivity index (χ3n) is 3.40. The molecule has 6 heteroatoms. The highest BCUT2D eigenvalue weighted by Crippen LogP contribution is 2.34. The van der Waals surface area contributed by atoms with Gasteiger partial charge >= 0.3 is 6.18 Å². The van der Waals surface area contributed by atoms with Gasteiger partial charge in [-0.3, -0.25) is 0 Å². The van der Waals surface area contributed by atoms with Crippen LogP contribution in [0, 0.1) is 5.92 Å². The molecule has 1 aliphatic carbocycles. The maximum atomic E-state index is 12.7. The Hall–Kier alpha value is -0.970. The number of rotatable bonds is 2. The smallest absolute Gasteiger partial charge is 0.416 e. The van der Waals surface area contributed by atoms with E-state index in [-0.39, 0.29) is 17.1 Å². The Bertz CT molecular complexity index is 450. The van der Waals surface area contributed by atoms with Crippen LogP contribution in [0.25, 0.3) is 0 Å². The number of halogens is 4. The summed E-state index contributed by atoms with van der Waals surface area (Å²) >= 11 is 5.62. The van der Waals surface area contributed by atoms with Crippen LogP contribution in [0.2, 0.25) is 5.15 Å². The third-order valence-corrected chi connectivity index (χ3v) is 3.60. The van der Waals surface area contributed by atoms with Gasteiger partial charge in [0.1, 0.15) is 11.3 Å². The number of nitrogens with zero attached hydrogens (tertiary/aromatic N) is 1. The van der Waals surface area contributed by atoms with Crippen molar-refractivity contribution in [3.63, 3.8) is 0 Å². The van der Waals surface area contributed by atoms with Crippen molar-refractivity contribution in [2.45, 2.75) is 44.9 Å². The second-order valence-electron chi connectivity index (χ2n) is 4.93. The topological polar surface area (TPSA) is 22.1 Å². The average molecular weight is 294 g/mol. The number of alkyl halides is 3. The molecular formula is C13H15ClF3NO. The van der Waals surface area contributed by atoms with Gasteiger partial charge in [0, 0.05) is 6.07 Å². The van der Waals surface area contributed by atoms with Gasteiger partial charge in [0.25, 0.3) is 0 Å². The SMILES string of the molecule is CC1CCCCC1Oc1cc(C(F)(F)F)cc(Cl)n1. The lowest BCUT2D eigenvalue weighted by Gasteiger charge is -2.29. The molecule has 1 heterocycles. The Balaban J connectivity index is 2.18. The van der Waals surface area contributed by atoms with Gasteiger partial charge in [0.05, 0.1) is 5.56 Å². The van der Waals surface area contributed by atoms with Crippen LogP contribution in [0.4, 0.5) is 13.2 Å². The van der Waals surface area contributed by atoms with E-state index >= 15 is 0 Å². The summed E-state index contributed by atoms with van der Waals surface area (Å²) in [5, 5.41) is -0.201. The zero-order valence-electron chi connectivity index (χ0n) is 10.5. The lowest BCUT2D eigenvalue weighted by atomic mass is 9.88. The summed E-state index contributed by atoms with van der Waals surface area (Å²) in [5.74, 6) is 0.280. The molecule has 1 saturated carbocycles. The van der Waals surface area contributed by atoms with Crippen molar-refractivity contribution in [3.05, 3.63) is 22.8 Å². The lowest BCUT2D eigenvalue weighted by molar-refractivity contribution is -0.137. The Labute approximate surface area is 114 Å². The van der Waals surface area contributed by atoms with E-state index in [0.717, 1.165) is 37.8 Å². The summed E-state index contributed by atoms with van der Waals surface area (Å²) < 4.78 is 43.6. The van der Waals surface area contributed by atoms with Gasteiger partial charge in [-0.1, -0.05) is 24.9 Å². The molecule has 0 amide bonds. The Morgan fingerprint density at radius 3 is 2.58 bits per heavy atom. The van der Waals surface area contributed by atoms with E-state index < -0.39 is 11.7 Å². The summed E-state index contributed by atoms with van der Waals surface area (Å²) in [6.07, 6.45) is -0.489. The average Bonchev–Trinajstić information content (AvgIpc) is 2.30. The van der Waals surface area contributed by atoms with E-state index in [0.29, 0.717) is 5.92 Å². The van der Waals surface area contributed by atoms with Gasteiger partial charge < -0.3 is 4.74 Å². The molecule has 0 saturated heterocycles. The van der Waals surface area contributed by atoms with Crippen molar-refractivity contribution in [1.82, 2.24) is 4.98 Å². The second-order valence-corrected chi connectivity index (χ2v) is 5.32. The Kier molecular flexibility index (Phi) is 4.23. The molecule has 2 rings (SSSR count). The number of ether oxygens (including phenoxy) is 1. The van der Waals surface area contributed by atoms with Crippen LogP contribution in [0.3, 0.4) is 0 Å². The molecule has 19 heavy (non-hydrogen) atoms. The van der Waals surface area contributed by atoms with Crippen LogP contribution < -0.4 is 4.74 Å². The van der Waals surface area contributed by atoms with E-state index in [1.807, 2.05) is 6.92 Å². The van der Waals surface area contributed by atoms with Gasteiger partial charge in [-0.05, 0) is 31.2 Å². The highest BCUT2D eigenvalue weighted by atomic mass is 35.5. The second kappa shape index (κ2) is 5.57. The van der Waals surface area contributed by atoms with Crippen molar-refractivity contribution in [2.24, 2.45) is 5.92 Å². The van der Waals surface area contributed by atoms with E-state index in [1.165, 1.54) is 0 Å². The third kappa shape index (κ3) is 3.75. The van der Waals surface area contributed by atoms with Crippen LogP contribution in [0.5, 0.6) is 5.88 Å². The molecule has 0 bridgehead atoms. The first kappa shape index (κ1) is 14.4. The predicted molar refractivity (Wildman–Crippen MR) is 66.3 cm³/mol. The molecule has 2 atom stereocenters. The van der Waals surface area contributed by atoms with E-state index in [2.05, 4.69) is 4.98 Å². The minimum absolute atomic E-state index is 0.0430. The van der Waals surface area contributed by atoms with Crippen molar-refractivity contribution in [3.8, 4) is 5.88 Å². The zero-order chi connectivity index (χ0) is 14.0. The fraction of sp³-hybridized carbons (Fsp3) is 0.615. The summed E-state index contributed by atoms with van der Waals surface area (Å²) in [4.78, 5) is 3.82. The van der Waals surface area contributed by atoms with Gasteiger partial charge in [-0.2, -0.15) is 13.2 Å². The minimum Gasteiger partial charge on any atom is -0.474 e. The molecule has 0 spiro atoms. The predicted octanol–water partition coefficient (Wildman–Crippen LogP) is 4.71. The molecule has 106 valence electrons. The fourth-order valence-electron chi connectivity index (χ4n) is 2.31. The van der Waals surface area contributed by atoms with Gasteiger partial charge in [0.15, 0.2) is 0 Å². The van der Waals surface area contributed by atoms with Crippen molar-refractivity contribution in [1.29, 1.82) is 0 Å². The Morgan fingerprint density at radius 2 is 1.95 bits per heavy atom. The van der Waals surface area contributed by atoms with Crippen LogP contribution in [0.15, 0.2) is 12.1 Å². The first-order valence-corrected chi connectivity index (χ1v) is 6.65. The van der Waals surface area contributed by atoms with E-state index in [9.17, 15) is 13.2 Å². The first-order chi connectivity index (χ1) is 8.86. The minimum atomic E-state index is -4.44. The number of pyridine rings is 1. The standard InChI is InChI=1S/C13H15ClF3NO/c1-8-4-2-3-5-10(8)19-12-7-9(13(15,16)17)6-11(14)18-12/h6-8,10H,2-5H2,1H3. The molecule has 1 aromatic rings. The van der Waals surface area contributed by atoms with Crippen molar-refractivity contribution >= 4 is 11.6 Å².